The van der Waals surface area contributed by atoms with Crippen LogP contribution in [0.1, 0.15) is 0 Å². The second-order valence-corrected chi connectivity index (χ2v) is 6.86. The Balaban J connectivity index is 3.57. The molecule has 11 heteroatoms. The lowest BCUT2D eigenvalue weighted by atomic mass is 10.3. The molecule has 1 aromatic carbocycles. The zero-order chi connectivity index (χ0) is 14.8. The van der Waals surface area contributed by atoms with Crippen molar-refractivity contribution in [3.05, 3.63) is 17.2 Å². The molecule has 0 aliphatic carbocycles. The molecule has 108 valence electrons. The normalized spacial score (nSPS) is 12.4. The van der Waals surface area contributed by atoms with Crippen molar-refractivity contribution in [1.29, 1.82) is 0 Å². The Hall–Kier alpha value is -0.910. The molecule has 0 bridgehead atoms. The maximum atomic E-state index is 11.3. The predicted molar refractivity (Wildman–Crippen MR) is 66.8 cm³/mol. The lowest BCUT2D eigenvalue weighted by molar-refractivity contribution is 0.201. The lowest BCUT2D eigenvalue weighted by Crippen LogP contribution is -2.17. The minimum Gasteiger partial charge on any atom is -0.490 e. The van der Waals surface area contributed by atoms with E-state index in [4.69, 9.17) is 31.7 Å². The smallest absolute Gasteiger partial charge is 0.239 e. The molecule has 0 aliphatic heterocycles. The minimum absolute atomic E-state index is 0.210. The first-order valence-corrected chi connectivity index (χ1v) is 8.17. The molecule has 0 saturated carbocycles. The summed E-state index contributed by atoms with van der Waals surface area (Å²) in [6.07, 6.45) is 0. The summed E-state index contributed by atoms with van der Waals surface area (Å²) in [6.45, 7) is -0.585. The fourth-order valence-electron chi connectivity index (χ4n) is 1.18. The van der Waals surface area contributed by atoms with Gasteiger partial charge in [0.05, 0.1) is 11.5 Å². The van der Waals surface area contributed by atoms with Gasteiger partial charge in [-0.2, -0.15) is 0 Å². The van der Waals surface area contributed by atoms with Crippen LogP contribution in [0.15, 0.2) is 21.9 Å². The average Bonchev–Trinajstić information content (AvgIpc) is 2.24. The van der Waals surface area contributed by atoms with E-state index < -0.39 is 29.8 Å². The van der Waals surface area contributed by atoms with Crippen LogP contribution in [0.4, 0.5) is 0 Å². The van der Waals surface area contributed by atoms with Gasteiger partial charge in [0.15, 0.2) is 0 Å². The van der Waals surface area contributed by atoms with E-state index in [-0.39, 0.29) is 24.0 Å². The maximum absolute atomic E-state index is 11.3. The molecule has 19 heavy (non-hydrogen) atoms. The second kappa shape index (κ2) is 5.61. The average molecular weight is 331 g/mol. The number of ether oxygens (including phenoxy) is 1. The van der Waals surface area contributed by atoms with Gasteiger partial charge in [0, 0.05) is 6.07 Å². The molecular formula is C8H11ClN2O6S2. The van der Waals surface area contributed by atoms with Gasteiger partial charge < -0.3 is 9.84 Å². The third-order valence-corrected chi connectivity index (χ3v) is 4.29. The fraction of sp³-hybridized carbons (Fsp3) is 0.250. The second-order valence-electron chi connectivity index (χ2n) is 3.40. The van der Waals surface area contributed by atoms with Crippen molar-refractivity contribution in [2.24, 2.45) is 10.3 Å². The van der Waals surface area contributed by atoms with Gasteiger partial charge >= 0.3 is 0 Å². The molecular weight excluding hydrogens is 320 g/mol. The van der Waals surface area contributed by atoms with Gasteiger partial charge in [0.1, 0.15) is 22.3 Å². The van der Waals surface area contributed by atoms with Crippen molar-refractivity contribution in [2.75, 3.05) is 13.2 Å². The SMILES string of the molecule is NS(=O)(=O)c1cc(OCCO)c(Cl)c(S(N)(=O)=O)c1. The molecule has 0 radical (unpaired) electrons. The lowest BCUT2D eigenvalue weighted by Gasteiger charge is -2.11. The molecule has 0 aromatic heterocycles. The van der Waals surface area contributed by atoms with Crippen molar-refractivity contribution in [3.8, 4) is 5.75 Å². The Morgan fingerprint density at radius 1 is 1.16 bits per heavy atom. The summed E-state index contributed by atoms with van der Waals surface area (Å²) in [5.41, 5.74) is 0. The third kappa shape index (κ3) is 4.03. The van der Waals surface area contributed by atoms with Crippen LogP contribution in [0.25, 0.3) is 0 Å². The number of primary sulfonamides is 2. The molecule has 1 aromatic rings. The van der Waals surface area contributed by atoms with Crippen molar-refractivity contribution in [3.63, 3.8) is 0 Å². The van der Waals surface area contributed by atoms with Crippen LogP contribution in [0.3, 0.4) is 0 Å². The summed E-state index contributed by atoms with van der Waals surface area (Å²) >= 11 is 5.75. The Morgan fingerprint density at radius 2 is 1.74 bits per heavy atom. The predicted octanol–water partition coefficient (Wildman–Crippen LogP) is -0.994. The highest BCUT2D eigenvalue weighted by Gasteiger charge is 2.22. The number of hydrogen-bond donors (Lipinski definition) is 3. The van der Waals surface area contributed by atoms with E-state index in [0.29, 0.717) is 0 Å². The highest BCUT2D eigenvalue weighted by Crippen LogP contribution is 2.33. The zero-order valence-corrected chi connectivity index (χ0v) is 11.8. The van der Waals surface area contributed by atoms with Gasteiger partial charge in [0.25, 0.3) is 0 Å². The molecule has 0 amide bonds. The number of aliphatic hydroxyl groups is 1. The molecule has 0 spiro atoms. The van der Waals surface area contributed by atoms with E-state index in [9.17, 15) is 16.8 Å². The van der Waals surface area contributed by atoms with Gasteiger partial charge in [-0.1, -0.05) is 11.6 Å². The van der Waals surface area contributed by atoms with Crippen LogP contribution in [-0.4, -0.2) is 35.2 Å². The molecule has 0 aliphatic rings. The van der Waals surface area contributed by atoms with Crippen LogP contribution in [0.5, 0.6) is 5.75 Å². The number of hydrogen-bond acceptors (Lipinski definition) is 6. The van der Waals surface area contributed by atoms with Crippen molar-refractivity contribution >= 4 is 31.6 Å². The third-order valence-electron chi connectivity index (χ3n) is 1.96. The largest absolute Gasteiger partial charge is 0.490 e. The zero-order valence-electron chi connectivity index (χ0n) is 9.41. The van der Waals surface area contributed by atoms with Crippen molar-refractivity contribution < 1.29 is 26.7 Å². The van der Waals surface area contributed by atoms with Gasteiger partial charge in [-0.05, 0) is 6.07 Å². The molecule has 0 saturated heterocycles. The van der Waals surface area contributed by atoms with Crippen LogP contribution in [0.2, 0.25) is 5.02 Å². The first-order valence-electron chi connectivity index (χ1n) is 4.70. The maximum Gasteiger partial charge on any atom is 0.239 e. The number of benzene rings is 1. The minimum atomic E-state index is -4.26. The fourth-order valence-corrected chi connectivity index (χ4v) is 2.94. The van der Waals surface area contributed by atoms with Gasteiger partial charge in [-0.3, -0.25) is 0 Å². The monoisotopic (exact) mass is 330 g/mol. The Kier molecular flexibility index (Phi) is 4.76. The van der Waals surface area contributed by atoms with Crippen molar-refractivity contribution in [2.45, 2.75) is 9.79 Å². The summed E-state index contributed by atoms with van der Waals surface area (Å²) in [6, 6.07) is 1.68. The Labute approximate surface area is 115 Å². The number of sulfonamides is 2. The summed E-state index contributed by atoms with van der Waals surface area (Å²) in [7, 11) is -8.43. The van der Waals surface area contributed by atoms with Crippen LogP contribution in [0, 0.1) is 0 Å². The van der Waals surface area contributed by atoms with Gasteiger partial charge in [-0.25, -0.2) is 27.1 Å². The molecule has 8 nitrogen and oxygen atoms in total. The summed E-state index contributed by atoms with van der Waals surface area (Å²) in [5, 5.41) is 18.1. The van der Waals surface area contributed by atoms with E-state index in [0.717, 1.165) is 12.1 Å². The summed E-state index contributed by atoms with van der Waals surface area (Å²) in [5.74, 6) is -0.258. The molecule has 0 atom stereocenters. The number of aliphatic hydroxyl groups excluding tert-OH is 1. The summed E-state index contributed by atoms with van der Waals surface area (Å²) in [4.78, 5) is -1.15. The molecule has 5 N–H and O–H groups in total. The number of halogens is 1. The van der Waals surface area contributed by atoms with Gasteiger partial charge in [-0.15, -0.1) is 0 Å². The first-order chi connectivity index (χ1) is 8.57. The highest BCUT2D eigenvalue weighted by molar-refractivity contribution is 7.90. The van der Waals surface area contributed by atoms with E-state index in [1.165, 1.54) is 0 Å². The van der Waals surface area contributed by atoms with Gasteiger partial charge in [0.2, 0.25) is 20.0 Å². The van der Waals surface area contributed by atoms with E-state index in [2.05, 4.69) is 0 Å². The van der Waals surface area contributed by atoms with E-state index in [1.54, 1.807) is 0 Å². The molecule has 0 unspecified atom stereocenters. The topological polar surface area (TPSA) is 150 Å². The highest BCUT2D eigenvalue weighted by atomic mass is 35.5. The number of rotatable bonds is 5. The number of nitrogens with two attached hydrogens (primary N) is 2. The Morgan fingerprint density at radius 3 is 2.16 bits per heavy atom. The quantitative estimate of drug-likeness (QED) is 0.630. The first kappa shape index (κ1) is 16.1. The Bertz CT molecular complexity index is 685. The van der Waals surface area contributed by atoms with E-state index in [1.807, 2.05) is 0 Å². The van der Waals surface area contributed by atoms with E-state index >= 15 is 0 Å². The van der Waals surface area contributed by atoms with Crippen LogP contribution in [-0.2, 0) is 20.0 Å². The van der Waals surface area contributed by atoms with Crippen LogP contribution >= 0.6 is 11.6 Å². The standard InChI is InChI=1S/C8H11ClN2O6S2/c9-8-6(17-2-1-12)3-5(18(10,13)14)4-7(8)19(11,15)16/h3-4,12H,1-2H2,(H2,10,13,14)(H2,11,15,16). The summed E-state index contributed by atoms with van der Waals surface area (Å²) < 4.78 is 50.0. The molecule has 1 rings (SSSR count). The van der Waals surface area contributed by atoms with Crippen molar-refractivity contribution in [1.82, 2.24) is 0 Å². The molecule has 0 heterocycles. The molecule has 0 fully saturated rings. The van der Waals surface area contributed by atoms with Crippen LogP contribution < -0.4 is 15.0 Å².